The molecule has 2 heterocycles. The third kappa shape index (κ3) is 2.78. The van der Waals surface area contributed by atoms with Gasteiger partial charge in [0, 0.05) is 23.2 Å². The standard InChI is InChI=1S/C15H16N6O2/c1-7-11(8(2)21-20-7)6-17-13-10-5-9(14(22)23)3-4-12(10)18-15(16)19-13/h3-5H,6H2,1-2H3,(H,20,21)(H,22,23)(H3,16,17,18,19). The molecular formula is C15H16N6O2. The van der Waals surface area contributed by atoms with Gasteiger partial charge in [-0.15, -0.1) is 0 Å². The lowest BCUT2D eigenvalue weighted by atomic mass is 10.1. The minimum atomic E-state index is -1.00. The smallest absolute Gasteiger partial charge is 0.335 e. The Morgan fingerprint density at radius 3 is 2.78 bits per heavy atom. The zero-order chi connectivity index (χ0) is 16.6. The quantitative estimate of drug-likeness (QED) is 0.578. The molecule has 0 aliphatic carbocycles. The summed E-state index contributed by atoms with van der Waals surface area (Å²) in [6.07, 6.45) is 0. The molecule has 8 heteroatoms. The van der Waals surface area contributed by atoms with E-state index in [0.29, 0.717) is 23.3 Å². The summed E-state index contributed by atoms with van der Waals surface area (Å²) in [5.74, 6) is -0.379. The van der Waals surface area contributed by atoms with Gasteiger partial charge in [-0.3, -0.25) is 5.10 Å². The number of aryl methyl sites for hydroxylation is 2. The fourth-order valence-corrected chi connectivity index (χ4v) is 2.42. The molecule has 0 spiro atoms. The number of aromatic carboxylic acids is 1. The summed E-state index contributed by atoms with van der Waals surface area (Å²) >= 11 is 0. The van der Waals surface area contributed by atoms with Gasteiger partial charge in [-0.1, -0.05) is 0 Å². The minimum absolute atomic E-state index is 0.128. The number of hydrogen-bond acceptors (Lipinski definition) is 6. The van der Waals surface area contributed by atoms with Crippen LogP contribution in [-0.2, 0) is 6.54 Å². The predicted molar refractivity (Wildman–Crippen MR) is 86.3 cm³/mol. The second-order valence-corrected chi connectivity index (χ2v) is 5.23. The predicted octanol–water partition coefficient (Wildman–Crippen LogP) is 1.86. The molecule has 3 rings (SSSR count). The molecule has 0 bridgehead atoms. The molecule has 23 heavy (non-hydrogen) atoms. The number of rotatable bonds is 4. The number of nitrogen functional groups attached to an aromatic ring is 1. The fourth-order valence-electron chi connectivity index (χ4n) is 2.42. The maximum Gasteiger partial charge on any atom is 0.335 e. The number of carboxylic acids is 1. The number of carbonyl (C=O) groups is 1. The molecule has 0 radical (unpaired) electrons. The van der Waals surface area contributed by atoms with Gasteiger partial charge in [-0.05, 0) is 32.0 Å². The first-order valence-corrected chi connectivity index (χ1v) is 7.00. The second kappa shape index (κ2) is 5.56. The fraction of sp³-hybridized carbons (Fsp3) is 0.200. The SMILES string of the molecule is Cc1n[nH]c(C)c1CNc1nc(N)nc2ccc(C(=O)O)cc12. The number of nitrogens with one attached hydrogen (secondary N) is 2. The molecule has 2 aromatic heterocycles. The normalized spacial score (nSPS) is 10.9. The Balaban J connectivity index is 2.01. The molecule has 3 aromatic rings. The molecule has 0 fully saturated rings. The summed E-state index contributed by atoms with van der Waals surface area (Å²) in [7, 11) is 0. The van der Waals surface area contributed by atoms with E-state index in [4.69, 9.17) is 10.8 Å². The topological polar surface area (TPSA) is 130 Å². The van der Waals surface area contributed by atoms with Crippen LogP contribution in [0, 0.1) is 13.8 Å². The highest BCUT2D eigenvalue weighted by Gasteiger charge is 2.12. The first-order chi connectivity index (χ1) is 11.0. The van der Waals surface area contributed by atoms with Crippen molar-refractivity contribution < 1.29 is 9.90 Å². The van der Waals surface area contributed by atoms with Crippen molar-refractivity contribution in [1.82, 2.24) is 20.2 Å². The number of aromatic amines is 1. The molecule has 0 amide bonds. The van der Waals surface area contributed by atoms with Crippen LogP contribution in [-0.4, -0.2) is 31.2 Å². The van der Waals surface area contributed by atoms with Gasteiger partial charge in [-0.25, -0.2) is 9.78 Å². The van der Waals surface area contributed by atoms with Crippen molar-refractivity contribution in [2.45, 2.75) is 20.4 Å². The Morgan fingerprint density at radius 1 is 1.35 bits per heavy atom. The highest BCUT2D eigenvalue weighted by Crippen LogP contribution is 2.24. The summed E-state index contributed by atoms with van der Waals surface area (Å²) in [5, 5.41) is 20.0. The Morgan fingerprint density at radius 2 is 2.13 bits per heavy atom. The lowest BCUT2D eigenvalue weighted by molar-refractivity contribution is 0.0697. The summed E-state index contributed by atoms with van der Waals surface area (Å²) in [4.78, 5) is 19.5. The number of nitrogens with two attached hydrogens (primary N) is 1. The van der Waals surface area contributed by atoms with E-state index in [1.165, 1.54) is 12.1 Å². The third-order valence-electron chi connectivity index (χ3n) is 3.67. The maximum atomic E-state index is 11.2. The molecule has 118 valence electrons. The molecule has 0 saturated heterocycles. The van der Waals surface area contributed by atoms with Crippen LogP contribution in [0.15, 0.2) is 18.2 Å². The van der Waals surface area contributed by atoms with E-state index in [2.05, 4.69) is 25.5 Å². The highest BCUT2D eigenvalue weighted by molar-refractivity contribution is 5.97. The summed E-state index contributed by atoms with van der Waals surface area (Å²) < 4.78 is 0. The van der Waals surface area contributed by atoms with Crippen LogP contribution in [0.1, 0.15) is 27.3 Å². The van der Waals surface area contributed by atoms with Gasteiger partial charge in [0.15, 0.2) is 0 Å². The number of fused-ring (bicyclic) bond motifs is 1. The lowest BCUT2D eigenvalue weighted by Crippen LogP contribution is -2.07. The number of H-pyrrole nitrogens is 1. The Hall–Kier alpha value is -3.16. The monoisotopic (exact) mass is 312 g/mol. The largest absolute Gasteiger partial charge is 0.478 e. The number of aromatic nitrogens is 4. The molecule has 0 aliphatic rings. The first-order valence-electron chi connectivity index (χ1n) is 7.00. The van der Waals surface area contributed by atoms with Crippen LogP contribution >= 0.6 is 0 Å². The van der Waals surface area contributed by atoms with Crippen LogP contribution in [0.25, 0.3) is 10.9 Å². The van der Waals surface area contributed by atoms with Gasteiger partial charge >= 0.3 is 5.97 Å². The molecule has 5 N–H and O–H groups in total. The summed E-state index contributed by atoms with van der Waals surface area (Å²) in [5.41, 5.74) is 9.39. The van der Waals surface area contributed by atoms with Crippen molar-refractivity contribution >= 4 is 28.6 Å². The van der Waals surface area contributed by atoms with Crippen molar-refractivity contribution in [3.05, 3.63) is 40.7 Å². The van der Waals surface area contributed by atoms with Gasteiger partial charge in [-0.2, -0.15) is 10.1 Å². The van der Waals surface area contributed by atoms with Gasteiger partial charge in [0.05, 0.1) is 16.8 Å². The number of anilines is 2. The van der Waals surface area contributed by atoms with Gasteiger partial charge in [0.2, 0.25) is 5.95 Å². The van der Waals surface area contributed by atoms with Crippen LogP contribution < -0.4 is 11.1 Å². The zero-order valence-electron chi connectivity index (χ0n) is 12.7. The van der Waals surface area contributed by atoms with Crippen molar-refractivity contribution in [3.63, 3.8) is 0 Å². The Labute approximate surface area is 131 Å². The summed E-state index contributed by atoms with van der Waals surface area (Å²) in [6.45, 7) is 4.35. The Kier molecular flexibility index (Phi) is 3.57. The van der Waals surface area contributed by atoms with Gasteiger partial charge < -0.3 is 16.2 Å². The molecule has 0 atom stereocenters. The van der Waals surface area contributed by atoms with Crippen molar-refractivity contribution in [2.75, 3.05) is 11.1 Å². The molecule has 1 aromatic carbocycles. The molecule has 0 unspecified atom stereocenters. The van der Waals surface area contributed by atoms with Crippen LogP contribution in [0.4, 0.5) is 11.8 Å². The van der Waals surface area contributed by atoms with E-state index in [0.717, 1.165) is 17.0 Å². The number of benzene rings is 1. The van der Waals surface area contributed by atoms with E-state index >= 15 is 0 Å². The molecule has 0 saturated carbocycles. The third-order valence-corrected chi connectivity index (χ3v) is 3.67. The maximum absolute atomic E-state index is 11.2. The number of nitrogens with zero attached hydrogens (tertiary/aromatic N) is 3. The molecule has 0 aliphatic heterocycles. The van der Waals surface area contributed by atoms with E-state index in [-0.39, 0.29) is 11.5 Å². The van der Waals surface area contributed by atoms with Crippen LogP contribution in [0.3, 0.4) is 0 Å². The second-order valence-electron chi connectivity index (χ2n) is 5.23. The molecule has 8 nitrogen and oxygen atoms in total. The summed E-state index contributed by atoms with van der Waals surface area (Å²) in [6, 6.07) is 4.65. The first kappa shape index (κ1) is 14.8. The van der Waals surface area contributed by atoms with E-state index in [1.54, 1.807) is 6.07 Å². The van der Waals surface area contributed by atoms with Crippen molar-refractivity contribution in [1.29, 1.82) is 0 Å². The van der Waals surface area contributed by atoms with Crippen LogP contribution in [0.2, 0.25) is 0 Å². The Bertz CT molecular complexity index is 883. The zero-order valence-corrected chi connectivity index (χ0v) is 12.7. The van der Waals surface area contributed by atoms with Crippen LogP contribution in [0.5, 0.6) is 0 Å². The van der Waals surface area contributed by atoms with Crippen molar-refractivity contribution in [3.8, 4) is 0 Å². The lowest BCUT2D eigenvalue weighted by Gasteiger charge is -2.10. The number of hydrogen-bond donors (Lipinski definition) is 4. The average molecular weight is 312 g/mol. The van der Waals surface area contributed by atoms with E-state index in [1.807, 2.05) is 13.8 Å². The van der Waals surface area contributed by atoms with E-state index in [9.17, 15) is 4.79 Å². The highest BCUT2D eigenvalue weighted by atomic mass is 16.4. The average Bonchev–Trinajstić information content (AvgIpc) is 2.83. The van der Waals surface area contributed by atoms with Gasteiger partial charge in [0.25, 0.3) is 0 Å². The van der Waals surface area contributed by atoms with Gasteiger partial charge in [0.1, 0.15) is 5.82 Å². The van der Waals surface area contributed by atoms with Crippen molar-refractivity contribution in [2.24, 2.45) is 0 Å². The van der Waals surface area contributed by atoms with E-state index < -0.39 is 5.97 Å². The number of carboxylic acid groups (broad SMARTS) is 1. The minimum Gasteiger partial charge on any atom is -0.478 e. The molecular weight excluding hydrogens is 296 g/mol.